The van der Waals surface area contributed by atoms with Gasteiger partial charge >= 0.3 is 0 Å². The standard InChI is InChI=1S/C14H16ClNO/c1-3-10-4-6-11(7-5-10)13(16-2)12-8-9-17-14(12)15/h4-9,13,16H,3H2,1-2H3. The van der Waals surface area contributed by atoms with E-state index in [1.165, 1.54) is 11.1 Å². The predicted octanol–water partition coefficient (Wildman–Crippen LogP) is 3.80. The van der Waals surface area contributed by atoms with Gasteiger partial charge in [-0.2, -0.15) is 0 Å². The minimum Gasteiger partial charge on any atom is -0.453 e. The van der Waals surface area contributed by atoms with E-state index in [0.717, 1.165) is 12.0 Å². The molecule has 0 spiro atoms. The number of aryl methyl sites for hydroxylation is 1. The Morgan fingerprint density at radius 1 is 1.24 bits per heavy atom. The van der Waals surface area contributed by atoms with Crippen molar-refractivity contribution in [1.29, 1.82) is 0 Å². The highest BCUT2D eigenvalue weighted by Crippen LogP contribution is 2.29. The maximum atomic E-state index is 6.02. The quantitative estimate of drug-likeness (QED) is 0.892. The first-order valence-corrected chi connectivity index (χ1v) is 6.13. The van der Waals surface area contributed by atoms with Crippen LogP contribution < -0.4 is 5.32 Å². The van der Waals surface area contributed by atoms with Crippen LogP contribution in [0.2, 0.25) is 5.22 Å². The molecule has 1 heterocycles. The Morgan fingerprint density at radius 3 is 2.41 bits per heavy atom. The minimum atomic E-state index is 0.0761. The molecular weight excluding hydrogens is 234 g/mol. The smallest absolute Gasteiger partial charge is 0.198 e. The van der Waals surface area contributed by atoms with E-state index in [0.29, 0.717) is 5.22 Å². The van der Waals surface area contributed by atoms with E-state index in [-0.39, 0.29) is 6.04 Å². The highest BCUT2D eigenvalue weighted by atomic mass is 35.5. The Bertz CT molecular complexity index is 475. The molecule has 3 heteroatoms. The molecule has 0 aliphatic heterocycles. The fourth-order valence-corrected chi connectivity index (χ4v) is 2.18. The third kappa shape index (κ3) is 2.54. The lowest BCUT2D eigenvalue weighted by atomic mass is 9.99. The predicted molar refractivity (Wildman–Crippen MR) is 70.4 cm³/mol. The van der Waals surface area contributed by atoms with Crippen molar-refractivity contribution in [2.24, 2.45) is 0 Å². The van der Waals surface area contributed by atoms with Crippen LogP contribution in [-0.2, 0) is 6.42 Å². The summed E-state index contributed by atoms with van der Waals surface area (Å²) >= 11 is 6.02. The number of benzene rings is 1. The number of nitrogens with one attached hydrogen (secondary N) is 1. The summed E-state index contributed by atoms with van der Waals surface area (Å²) in [5.41, 5.74) is 3.49. The molecule has 0 aliphatic carbocycles. The first-order valence-electron chi connectivity index (χ1n) is 5.75. The van der Waals surface area contributed by atoms with Gasteiger partial charge in [0, 0.05) is 5.56 Å². The molecule has 0 amide bonds. The van der Waals surface area contributed by atoms with Crippen molar-refractivity contribution in [3.05, 3.63) is 58.5 Å². The highest BCUT2D eigenvalue weighted by Gasteiger charge is 2.16. The van der Waals surface area contributed by atoms with Gasteiger partial charge in [-0.15, -0.1) is 0 Å². The van der Waals surface area contributed by atoms with Gasteiger partial charge < -0.3 is 9.73 Å². The molecule has 2 rings (SSSR count). The highest BCUT2D eigenvalue weighted by molar-refractivity contribution is 6.29. The zero-order valence-electron chi connectivity index (χ0n) is 10.0. The molecule has 0 fully saturated rings. The Morgan fingerprint density at radius 2 is 1.94 bits per heavy atom. The first-order chi connectivity index (χ1) is 8.26. The monoisotopic (exact) mass is 249 g/mol. The summed E-state index contributed by atoms with van der Waals surface area (Å²) in [6, 6.07) is 10.5. The van der Waals surface area contributed by atoms with Crippen molar-refractivity contribution in [2.45, 2.75) is 19.4 Å². The first kappa shape index (κ1) is 12.2. The van der Waals surface area contributed by atoms with Crippen LogP contribution in [0.1, 0.15) is 29.7 Å². The zero-order valence-corrected chi connectivity index (χ0v) is 10.8. The maximum Gasteiger partial charge on any atom is 0.198 e. The van der Waals surface area contributed by atoms with E-state index in [2.05, 4.69) is 36.5 Å². The van der Waals surface area contributed by atoms with Gasteiger partial charge in [-0.3, -0.25) is 0 Å². The van der Waals surface area contributed by atoms with E-state index in [1.54, 1.807) is 6.26 Å². The Kier molecular flexibility index (Phi) is 3.87. The van der Waals surface area contributed by atoms with Crippen molar-refractivity contribution in [3.8, 4) is 0 Å². The van der Waals surface area contributed by atoms with E-state index in [1.807, 2.05) is 13.1 Å². The molecule has 1 N–H and O–H groups in total. The summed E-state index contributed by atoms with van der Waals surface area (Å²) in [6.45, 7) is 2.15. The molecule has 90 valence electrons. The number of hydrogen-bond acceptors (Lipinski definition) is 2. The van der Waals surface area contributed by atoms with Gasteiger partial charge in [0.15, 0.2) is 5.22 Å². The van der Waals surface area contributed by atoms with Crippen LogP contribution in [0.3, 0.4) is 0 Å². The topological polar surface area (TPSA) is 25.2 Å². The summed E-state index contributed by atoms with van der Waals surface area (Å²) in [4.78, 5) is 0. The molecular formula is C14H16ClNO. The third-order valence-electron chi connectivity index (χ3n) is 2.97. The minimum absolute atomic E-state index is 0.0761. The molecule has 1 atom stereocenters. The lowest BCUT2D eigenvalue weighted by molar-refractivity contribution is 0.559. The van der Waals surface area contributed by atoms with Gasteiger partial charge in [-0.25, -0.2) is 0 Å². The van der Waals surface area contributed by atoms with Crippen molar-refractivity contribution in [1.82, 2.24) is 5.32 Å². The molecule has 2 nitrogen and oxygen atoms in total. The molecule has 1 aromatic carbocycles. The SMILES string of the molecule is CCc1ccc(C(NC)c2ccoc2Cl)cc1. The fraction of sp³-hybridized carbons (Fsp3) is 0.286. The number of halogens is 1. The van der Waals surface area contributed by atoms with Crippen LogP contribution in [-0.4, -0.2) is 7.05 Å². The molecule has 0 bridgehead atoms. The maximum absolute atomic E-state index is 6.02. The van der Waals surface area contributed by atoms with E-state index in [9.17, 15) is 0 Å². The largest absolute Gasteiger partial charge is 0.453 e. The normalized spacial score (nSPS) is 12.6. The van der Waals surface area contributed by atoms with Gasteiger partial charge in [0.25, 0.3) is 0 Å². The van der Waals surface area contributed by atoms with Crippen LogP contribution in [0.25, 0.3) is 0 Å². The average Bonchev–Trinajstić information content (AvgIpc) is 2.78. The van der Waals surface area contributed by atoms with Crippen LogP contribution in [0.15, 0.2) is 41.0 Å². The lowest BCUT2D eigenvalue weighted by Gasteiger charge is -2.15. The van der Waals surface area contributed by atoms with Gasteiger partial charge in [0.1, 0.15) is 0 Å². The second-order valence-corrected chi connectivity index (χ2v) is 4.31. The fourth-order valence-electron chi connectivity index (χ4n) is 1.96. The van der Waals surface area contributed by atoms with Crippen LogP contribution >= 0.6 is 11.6 Å². The Labute approximate surface area is 107 Å². The number of rotatable bonds is 4. The number of furan rings is 1. The molecule has 1 unspecified atom stereocenters. The van der Waals surface area contributed by atoms with Gasteiger partial charge in [-0.05, 0) is 42.3 Å². The van der Waals surface area contributed by atoms with E-state index < -0.39 is 0 Å². The van der Waals surface area contributed by atoms with E-state index >= 15 is 0 Å². The third-order valence-corrected chi connectivity index (χ3v) is 3.27. The molecule has 0 radical (unpaired) electrons. The summed E-state index contributed by atoms with van der Waals surface area (Å²) in [7, 11) is 1.92. The second kappa shape index (κ2) is 5.39. The van der Waals surface area contributed by atoms with Crippen LogP contribution in [0.4, 0.5) is 0 Å². The second-order valence-electron chi connectivity index (χ2n) is 3.97. The molecule has 0 aliphatic rings. The van der Waals surface area contributed by atoms with Gasteiger partial charge in [0.2, 0.25) is 0 Å². The molecule has 1 aromatic heterocycles. The van der Waals surface area contributed by atoms with E-state index in [4.69, 9.17) is 16.0 Å². The van der Waals surface area contributed by atoms with Gasteiger partial charge in [0.05, 0.1) is 12.3 Å². The Balaban J connectivity index is 2.32. The summed E-state index contributed by atoms with van der Waals surface area (Å²) in [6.07, 6.45) is 2.67. The van der Waals surface area contributed by atoms with Crippen molar-refractivity contribution >= 4 is 11.6 Å². The molecule has 0 saturated heterocycles. The van der Waals surface area contributed by atoms with Crippen molar-refractivity contribution < 1.29 is 4.42 Å². The van der Waals surface area contributed by atoms with Gasteiger partial charge in [-0.1, -0.05) is 31.2 Å². The molecule has 2 aromatic rings. The summed E-state index contributed by atoms with van der Waals surface area (Å²) in [5, 5.41) is 3.70. The lowest BCUT2D eigenvalue weighted by Crippen LogP contribution is -2.17. The van der Waals surface area contributed by atoms with Crippen molar-refractivity contribution in [3.63, 3.8) is 0 Å². The summed E-state index contributed by atoms with van der Waals surface area (Å²) < 4.78 is 5.14. The number of hydrogen-bond donors (Lipinski definition) is 1. The zero-order chi connectivity index (χ0) is 12.3. The van der Waals surface area contributed by atoms with Crippen LogP contribution in [0, 0.1) is 0 Å². The Hall–Kier alpha value is -1.25. The molecule has 0 saturated carbocycles. The summed E-state index contributed by atoms with van der Waals surface area (Å²) in [5.74, 6) is 0. The average molecular weight is 250 g/mol. The molecule has 17 heavy (non-hydrogen) atoms. The van der Waals surface area contributed by atoms with Crippen molar-refractivity contribution in [2.75, 3.05) is 7.05 Å². The van der Waals surface area contributed by atoms with Crippen LogP contribution in [0.5, 0.6) is 0 Å².